The molecule has 0 radical (unpaired) electrons. The summed E-state index contributed by atoms with van der Waals surface area (Å²) in [5, 5.41) is 0. The Kier molecular flexibility index (Phi) is 38.1. The Morgan fingerprint density at radius 2 is 1.04 bits per heavy atom. The van der Waals surface area contributed by atoms with E-state index in [9.17, 15) is 19.0 Å². The Morgan fingerprint density at radius 1 is 0.585 bits per heavy atom. The van der Waals surface area contributed by atoms with Gasteiger partial charge in [-0.2, -0.15) is 0 Å². The van der Waals surface area contributed by atoms with Gasteiger partial charge in [-0.3, -0.25) is 18.6 Å². The first kappa shape index (κ1) is 51.0. The van der Waals surface area contributed by atoms with Crippen LogP contribution in [-0.2, 0) is 32.7 Å². The zero-order chi connectivity index (χ0) is 38.9. The quantitative estimate of drug-likeness (QED) is 0.0271. The molecule has 0 aromatic rings. The number of ether oxygens (including phenoxy) is 2. The van der Waals surface area contributed by atoms with Gasteiger partial charge in [0.2, 0.25) is 0 Å². The molecule has 0 spiro atoms. The van der Waals surface area contributed by atoms with Crippen molar-refractivity contribution in [3.8, 4) is 0 Å². The van der Waals surface area contributed by atoms with Crippen molar-refractivity contribution in [2.75, 3.05) is 26.4 Å². The Labute approximate surface area is 324 Å². The van der Waals surface area contributed by atoms with Gasteiger partial charge in [-0.1, -0.05) is 165 Å². The minimum absolute atomic E-state index is 0.0459. The molecule has 0 rings (SSSR count). The van der Waals surface area contributed by atoms with Crippen LogP contribution in [0.1, 0.15) is 181 Å². The summed E-state index contributed by atoms with van der Waals surface area (Å²) in [6.45, 7) is 3.57. The van der Waals surface area contributed by atoms with Crippen molar-refractivity contribution in [1.29, 1.82) is 0 Å². The molecule has 0 aliphatic rings. The average molecular weight is 768 g/mol. The van der Waals surface area contributed by atoms with Crippen molar-refractivity contribution in [1.82, 2.24) is 0 Å². The average Bonchev–Trinajstić information content (AvgIpc) is 3.14. The number of carbonyl (C=O) groups is 2. The predicted molar refractivity (Wildman–Crippen MR) is 220 cm³/mol. The van der Waals surface area contributed by atoms with Crippen molar-refractivity contribution in [2.45, 2.75) is 187 Å². The van der Waals surface area contributed by atoms with E-state index in [1.807, 2.05) is 0 Å². The Balaban J connectivity index is 4.21. The first-order chi connectivity index (χ1) is 25.8. The van der Waals surface area contributed by atoms with Gasteiger partial charge >= 0.3 is 19.8 Å². The van der Waals surface area contributed by atoms with E-state index in [2.05, 4.69) is 62.5 Å². The zero-order valence-corrected chi connectivity index (χ0v) is 34.6. The summed E-state index contributed by atoms with van der Waals surface area (Å²) in [4.78, 5) is 34.8. The lowest BCUT2D eigenvalue weighted by Gasteiger charge is -2.19. The smallest absolute Gasteiger partial charge is 0.462 e. The standard InChI is InChI=1S/C43H78NO8P/c1-3-5-7-9-11-13-15-17-19-20-22-23-25-27-29-31-33-35-42(45)49-39-41(40-51-53(47,48)50-38-37-44)52-43(46)36-34-32-30-28-26-24-21-18-16-14-12-10-8-6-4-2/h6,8,12,14,18,21,26,28,41H,3-5,7,9-11,13,15-17,19-20,22-25,27,29-40,44H2,1-2H3,(H,47,48)/b8-6-,14-12-,21-18-,28-26-/t41-/m1/s1. The topological polar surface area (TPSA) is 134 Å². The highest BCUT2D eigenvalue weighted by Crippen LogP contribution is 2.43. The maximum Gasteiger partial charge on any atom is 0.472 e. The fraction of sp³-hybridized carbons (Fsp3) is 0.767. The summed E-state index contributed by atoms with van der Waals surface area (Å²) >= 11 is 0. The maximum absolute atomic E-state index is 12.5. The largest absolute Gasteiger partial charge is 0.472 e. The fourth-order valence-corrected chi connectivity index (χ4v) is 6.39. The van der Waals surface area contributed by atoms with Crippen LogP contribution in [0.15, 0.2) is 48.6 Å². The molecule has 0 saturated carbocycles. The van der Waals surface area contributed by atoms with E-state index in [0.29, 0.717) is 6.42 Å². The van der Waals surface area contributed by atoms with E-state index in [0.717, 1.165) is 57.8 Å². The van der Waals surface area contributed by atoms with Crippen LogP contribution in [0, 0.1) is 0 Å². The number of rotatable bonds is 39. The zero-order valence-electron chi connectivity index (χ0n) is 33.7. The molecule has 0 amide bonds. The highest BCUT2D eigenvalue weighted by molar-refractivity contribution is 7.47. The van der Waals surface area contributed by atoms with Gasteiger partial charge < -0.3 is 20.1 Å². The van der Waals surface area contributed by atoms with Crippen molar-refractivity contribution < 1.29 is 37.6 Å². The number of phosphoric acid groups is 1. The summed E-state index contributed by atoms with van der Waals surface area (Å²) < 4.78 is 32.7. The molecule has 0 aliphatic carbocycles. The van der Waals surface area contributed by atoms with Crippen LogP contribution >= 0.6 is 7.82 Å². The highest BCUT2D eigenvalue weighted by atomic mass is 31.2. The summed E-state index contributed by atoms with van der Waals surface area (Å²) in [7, 11) is -4.39. The molecule has 0 aromatic heterocycles. The second kappa shape index (κ2) is 39.7. The Hall–Kier alpha value is -2.03. The van der Waals surface area contributed by atoms with Crippen LogP contribution in [0.4, 0.5) is 0 Å². The van der Waals surface area contributed by atoms with Gasteiger partial charge in [-0.15, -0.1) is 0 Å². The molecule has 0 aromatic carbocycles. The molecule has 308 valence electrons. The second-order valence-electron chi connectivity index (χ2n) is 13.8. The Bertz CT molecular complexity index is 1010. The first-order valence-corrected chi connectivity index (χ1v) is 22.6. The van der Waals surface area contributed by atoms with E-state index in [1.165, 1.54) is 89.9 Å². The van der Waals surface area contributed by atoms with Crippen LogP contribution in [0.3, 0.4) is 0 Å². The molecule has 2 atom stereocenters. The van der Waals surface area contributed by atoms with Gasteiger partial charge in [0, 0.05) is 19.4 Å². The summed E-state index contributed by atoms with van der Waals surface area (Å²) in [5.41, 5.74) is 5.34. The van der Waals surface area contributed by atoms with Crippen molar-refractivity contribution in [2.24, 2.45) is 5.73 Å². The summed E-state index contributed by atoms with van der Waals surface area (Å²) in [6.07, 6.45) is 44.3. The molecule has 3 N–H and O–H groups in total. The molecule has 10 heteroatoms. The van der Waals surface area contributed by atoms with Gasteiger partial charge in [0.1, 0.15) is 6.61 Å². The van der Waals surface area contributed by atoms with Crippen LogP contribution in [0.25, 0.3) is 0 Å². The number of nitrogens with two attached hydrogens (primary N) is 1. The first-order valence-electron chi connectivity index (χ1n) is 21.1. The monoisotopic (exact) mass is 768 g/mol. The fourth-order valence-electron chi connectivity index (χ4n) is 5.62. The second-order valence-corrected chi connectivity index (χ2v) is 15.3. The molecule has 0 bridgehead atoms. The molecule has 0 heterocycles. The van der Waals surface area contributed by atoms with Gasteiger partial charge in [0.15, 0.2) is 6.10 Å². The normalized spacial score (nSPS) is 13.8. The number of esters is 2. The lowest BCUT2D eigenvalue weighted by atomic mass is 10.0. The molecule has 53 heavy (non-hydrogen) atoms. The number of hydrogen-bond donors (Lipinski definition) is 2. The summed E-state index contributed by atoms with van der Waals surface area (Å²) in [6, 6.07) is 0. The van der Waals surface area contributed by atoms with Crippen molar-refractivity contribution >= 4 is 19.8 Å². The van der Waals surface area contributed by atoms with Gasteiger partial charge in [-0.05, 0) is 51.4 Å². The number of phosphoric ester groups is 1. The third kappa shape index (κ3) is 39.5. The number of hydrogen-bond acceptors (Lipinski definition) is 8. The van der Waals surface area contributed by atoms with Crippen molar-refractivity contribution in [3.05, 3.63) is 48.6 Å². The van der Waals surface area contributed by atoms with Gasteiger partial charge in [0.25, 0.3) is 0 Å². The van der Waals surface area contributed by atoms with Gasteiger partial charge in [0.05, 0.1) is 13.2 Å². The minimum Gasteiger partial charge on any atom is -0.462 e. The third-order valence-corrected chi connectivity index (χ3v) is 9.71. The molecule has 1 unspecified atom stereocenters. The van der Waals surface area contributed by atoms with Gasteiger partial charge in [-0.25, -0.2) is 4.57 Å². The minimum atomic E-state index is -4.39. The van der Waals surface area contributed by atoms with E-state index in [1.54, 1.807) is 0 Å². The molecule has 0 saturated heterocycles. The lowest BCUT2D eigenvalue weighted by molar-refractivity contribution is -0.161. The van der Waals surface area contributed by atoms with Crippen molar-refractivity contribution in [3.63, 3.8) is 0 Å². The lowest BCUT2D eigenvalue weighted by Crippen LogP contribution is -2.29. The number of allylic oxidation sites excluding steroid dienone is 8. The number of unbranched alkanes of at least 4 members (excludes halogenated alkanes) is 18. The highest BCUT2D eigenvalue weighted by Gasteiger charge is 2.25. The molecule has 0 fully saturated rings. The van der Waals surface area contributed by atoms with Crippen LogP contribution < -0.4 is 5.73 Å². The van der Waals surface area contributed by atoms with E-state index in [-0.39, 0.29) is 32.6 Å². The summed E-state index contributed by atoms with van der Waals surface area (Å²) in [5.74, 6) is -0.875. The molecular formula is C43H78NO8P. The molecule has 9 nitrogen and oxygen atoms in total. The van der Waals surface area contributed by atoms with E-state index >= 15 is 0 Å². The SMILES string of the molecule is CC/C=C\C/C=C\C/C=C\C/C=C\CCCCC(=O)O[C@H](COC(=O)CCCCCCCCCCCCCCCCCCC)COP(=O)(O)OCCN. The maximum atomic E-state index is 12.5. The van der Waals surface area contributed by atoms with Crippen LogP contribution in [0.5, 0.6) is 0 Å². The van der Waals surface area contributed by atoms with Crippen LogP contribution in [0.2, 0.25) is 0 Å². The predicted octanol–water partition coefficient (Wildman–Crippen LogP) is 11.9. The molecule has 0 aliphatic heterocycles. The van der Waals surface area contributed by atoms with Crippen LogP contribution in [-0.4, -0.2) is 49.3 Å². The Morgan fingerprint density at radius 3 is 1.55 bits per heavy atom. The van der Waals surface area contributed by atoms with E-state index < -0.39 is 32.5 Å². The number of carbonyl (C=O) groups excluding carboxylic acids is 2. The third-order valence-electron chi connectivity index (χ3n) is 8.73. The van der Waals surface area contributed by atoms with E-state index in [4.69, 9.17) is 24.3 Å². The molecular weight excluding hydrogens is 689 g/mol.